The third-order valence-corrected chi connectivity index (χ3v) is 2.82. The maximum absolute atomic E-state index is 13.5. The van der Waals surface area contributed by atoms with E-state index in [0.717, 1.165) is 25.0 Å². The fourth-order valence-corrected chi connectivity index (χ4v) is 1.86. The minimum atomic E-state index is -0.899. The van der Waals surface area contributed by atoms with E-state index in [1.807, 2.05) is 6.92 Å². The summed E-state index contributed by atoms with van der Waals surface area (Å²) in [5.41, 5.74) is 4.53. The molecule has 6 heteroatoms. The van der Waals surface area contributed by atoms with E-state index in [0.29, 0.717) is 6.54 Å². The molecule has 1 aromatic carbocycles. The van der Waals surface area contributed by atoms with Gasteiger partial charge >= 0.3 is 0 Å². The molecular weight excluding hydrogens is 266 g/mol. The van der Waals surface area contributed by atoms with Crippen molar-refractivity contribution in [1.29, 1.82) is 0 Å². The average Bonchev–Trinajstić information content (AvgIpc) is 2.35. The fraction of sp³-hybridized carbons (Fsp3) is 0.429. The van der Waals surface area contributed by atoms with Crippen molar-refractivity contribution < 1.29 is 18.4 Å². The highest BCUT2D eigenvalue weighted by atomic mass is 19.1. The van der Waals surface area contributed by atoms with Crippen molar-refractivity contribution in [2.24, 2.45) is 5.73 Å². The number of amides is 1. The third kappa shape index (κ3) is 4.70. The Bertz CT molecular complexity index is 472. The Morgan fingerprint density at radius 2 is 1.80 bits per heavy atom. The zero-order valence-electron chi connectivity index (χ0n) is 11.4. The number of carbonyl (C=O) groups is 2. The maximum Gasteiger partial charge on any atom is 0.231 e. The zero-order valence-corrected chi connectivity index (χ0v) is 11.4. The molecule has 0 heterocycles. The number of Topliss-reactive ketones (excluding diaryl/α,β-unsaturated/α-hetero) is 1. The quantitative estimate of drug-likeness (QED) is 0.739. The van der Waals surface area contributed by atoms with E-state index in [9.17, 15) is 18.4 Å². The van der Waals surface area contributed by atoms with Gasteiger partial charge in [-0.3, -0.25) is 14.5 Å². The lowest BCUT2D eigenvalue weighted by Gasteiger charge is -2.19. The van der Waals surface area contributed by atoms with Crippen LogP contribution in [0.5, 0.6) is 0 Å². The molecule has 110 valence electrons. The van der Waals surface area contributed by atoms with E-state index < -0.39 is 28.9 Å². The van der Waals surface area contributed by atoms with Crippen LogP contribution in [0.2, 0.25) is 0 Å². The van der Waals surface area contributed by atoms with E-state index in [4.69, 9.17) is 5.73 Å². The standard InChI is InChI=1S/C14H18F2N2O2/c1-2-3-7-18(9-13(17)20)8-12(19)14-10(15)5-4-6-11(14)16/h4-6H,2-3,7-9H2,1H3,(H2,17,20). The first kappa shape index (κ1) is 16.2. The van der Waals surface area contributed by atoms with Gasteiger partial charge in [-0.25, -0.2) is 8.78 Å². The molecule has 0 spiro atoms. The van der Waals surface area contributed by atoms with Gasteiger partial charge in [0.05, 0.1) is 18.7 Å². The summed E-state index contributed by atoms with van der Waals surface area (Å²) >= 11 is 0. The van der Waals surface area contributed by atoms with Gasteiger partial charge in [0.2, 0.25) is 5.91 Å². The average molecular weight is 284 g/mol. The lowest BCUT2D eigenvalue weighted by Crippen LogP contribution is -2.38. The molecule has 20 heavy (non-hydrogen) atoms. The number of benzene rings is 1. The van der Waals surface area contributed by atoms with Crippen molar-refractivity contribution in [3.8, 4) is 0 Å². The summed E-state index contributed by atoms with van der Waals surface area (Å²) in [6, 6.07) is 3.25. The number of carbonyl (C=O) groups excluding carboxylic acids is 2. The molecule has 0 fully saturated rings. The van der Waals surface area contributed by atoms with E-state index in [1.54, 1.807) is 0 Å². The zero-order chi connectivity index (χ0) is 15.1. The Labute approximate surface area is 116 Å². The highest BCUT2D eigenvalue weighted by molar-refractivity contribution is 5.98. The third-order valence-electron chi connectivity index (χ3n) is 2.82. The summed E-state index contributed by atoms with van der Waals surface area (Å²) in [4.78, 5) is 24.4. The molecule has 0 atom stereocenters. The van der Waals surface area contributed by atoms with Gasteiger partial charge in [-0.05, 0) is 25.1 Å². The molecule has 0 saturated heterocycles. The van der Waals surface area contributed by atoms with Crippen molar-refractivity contribution in [3.05, 3.63) is 35.4 Å². The van der Waals surface area contributed by atoms with Crippen molar-refractivity contribution in [2.45, 2.75) is 19.8 Å². The van der Waals surface area contributed by atoms with E-state index in [-0.39, 0.29) is 13.1 Å². The molecule has 0 aliphatic carbocycles. The molecule has 1 rings (SSSR count). The van der Waals surface area contributed by atoms with Crippen molar-refractivity contribution in [2.75, 3.05) is 19.6 Å². The molecule has 0 bridgehead atoms. The first-order valence-electron chi connectivity index (χ1n) is 6.43. The summed E-state index contributed by atoms with van der Waals surface area (Å²) in [7, 11) is 0. The van der Waals surface area contributed by atoms with E-state index >= 15 is 0 Å². The van der Waals surface area contributed by atoms with Gasteiger partial charge in [-0.15, -0.1) is 0 Å². The lowest BCUT2D eigenvalue weighted by atomic mass is 10.1. The minimum absolute atomic E-state index is 0.109. The molecule has 0 saturated carbocycles. The molecular formula is C14H18F2N2O2. The van der Waals surface area contributed by atoms with Gasteiger partial charge in [0.1, 0.15) is 11.6 Å². The Kier molecular flexibility index (Phi) is 6.24. The number of rotatable bonds is 8. The topological polar surface area (TPSA) is 63.4 Å². The maximum atomic E-state index is 13.5. The van der Waals surface area contributed by atoms with Gasteiger partial charge in [-0.1, -0.05) is 19.4 Å². The number of halogens is 2. The van der Waals surface area contributed by atoms with Crippen LogP contribution in [-0.4, -0.2) is 36.2 Å². The largest absolute Gasteiger partial charge is 0.369 e. The predicted octanol–water partition coefficient (Wildman–Crippen LogP) is 1.73. The van der Waals surface area contributed by atoms with Crippen LogP contribution < -0.4 is 5.73 Å². The molecule has 0 unspecified atom stereocenters. The predicted molar refractivity (Wildman–Crippen MR) is 71.2 cm³/mol. The minimum Gasteiger partial charge on any atom is -0.369 e. The molecule has 2 N–H and O–H groups in total. The summed E-state index contributed by atoms with van der Waals surface area (Å²) in [5, 5.41) is 0. The number of unbranched alkanes of at least 4 members (excludes halogenated alkanes) is 1. The number of ketones is 1. The number of primary amides is 1. The lowest BCUT2D eigenvalue weighted by molar-refractivity contribution is -0.119. The van der Waals surface area contributed by atoms with E-state index in [2.05, 4.69) is 0 Å². The summed E-state index contributed by atoms with van der Waals surface area (Å²) in [6.45, 7) is 2.09. The number of nitrogens with two attached hydrogens (primary N) is 1. The normalized spacial score (nSPS) is 10.8. The number of hydrogen-bond donors (Lipinski definition) is 1. The van der Waals surface area contributed by atoms with Crippen LogP contribution in [0.15, 0.2) is 18.2 Å². The van der Waals surface area contributed by atoms with Crippen LogP contribution >= 0.6 is 0 Å². The summed E-state index contributed by atoms with van der Waals surface area (Å²) in [5.74, 6) is -3.07. The van der Waals surface area contributed by atoms with Gasteiger partial charge in [0.15, 0.2) is 5.78 Å². The molecule has 0 aromatic heterocycles. The highest BCUT2D eigenvalue weighted by Gasteiger charge is 2.20. The Hall–Kier alpha value is -1.82. The molecule has 0 radical (unpaired) electrons. The first-order valence-corrected chi connectivity index (χ1v) is 6.43. The Morgan fingerprint density at radius 1 is 1.20 bits per heavy atom. The van der Waals surface area contributed by atoms with Gasteiger partial charge < -0.3 is 5.73 Å². The van der Waals surface area contributed by atoms with Gasteiger partial charge in [0.25, 0.3) is 0 Å². The van der Waals surface area contributed by atoms with Gasteiger partial charge in [-0.2, -0.15) is 0 Å². The van der Waals surface area contributed by atoms with Gasteiger partial charge in [0, 0.05) is 0 Å². The Balaban J connectivity index is 2.81. The van der Waals surface area contributed by atoms with Crippen molar-refractivity contribution in [3.63, 3.8) is 0 Å². The number of nitrogens with zero attached hydrogens (tertiary/aromatic N) is 1. The highest BCUT2D eigenvalue weighted by Crippen LogP contribution is 2.13. The van der Waals surface area contributed by atoms with Crippen LogP contribution in [0.4, 0.5) is 8.78 Å². The van der Waals surface area contributed by atoms with Crippen LogP contribution in [0, 0.1) is 11.6 Å². The smallest absolute Gasteiger partial charge is 0.231 e. The summed E-state index contributed by atoms with van der Waals surface area (Å²) < 4.78 is 27.0. The summed E-state index contributed by atoms with van der Waals surface area (Å²) in [6.07, 6.45) is 1.64. The Morgan fingerprint density at radius 3 is 2.30 bits per heavy atom. The molecule has 1 aromatic rings. The van der Waals surface area contributed by atoms with E-state index in [1.165, 1.54) is 11.0 Å². The first-order chi connectivity index (χ1) is 9.45. The van der Waals surface area contributed by atoms with Crippen LogP contribution in [-0.2, 0) is 4.79 Å². The molecule has 0 aliphatic heterocycles. The van der Waals surface area contributed by atoms with Crippen molar-refractivity contribution in [1.82, 2.24) is 4.90 Å². The molecule has 1 amide bonds. The fourth-order valence-electron chi connectivity index (χ4n) is 1.86. The van der Waals surface area contributed by atoms with Crippen molar-refractivity contribution >= 4 is 11.7 Å². The second kappa shape index (κ2) is 7.69. The van der Waals surface area contributed by atoms with Crippen LogP contribution in [0.3, 0.4) is 0 Å². The van der Waals surface area contributed by atoms with Crippen LogP contribution in [0.25, 0.3) is 0 Å². The molecule has 0 aliphatic rings. The SMILES string of the molecule is CCCCN(CC(N)=O)CC(=O)c1c(F)cccc1F. The second-order valence-electron chi connectivity index (χ2n) is 4.55. The molecule has 4 nitrogen and oxygen atoms in total. The number of hydrogen-bond acceptors (Lipinski definition) is 3. The second-order valence-corrected chi connectivity index (χ2v) is 4.55. The van der Waals surface area contributed by atoms with Crippen LogP contribution in [0.1, 0.15) is 30.1 Å². The monoisotopic (exact) mass is 284 g/mol.